The molecule has 0 saturated heterocycles. The molecule has 2 N–H and O–H groups in total. The van der Waals surface area contributed by atoms with E-state index in [-0.39, 0.29) is 18.0 Å². The van der Waals surface area contributed by atoms with Gasteiger partial charge in [-0.2, -0.15) is 0 Å². The molecule has 2 atom stereocenters. The number of hydrogen-bond donors (Lipinski definition) is 2. The van der Waals surface area contributed by atoms with Gasteiger partial charge in [0.25, 0.3) is 0 Å². The van der Waals surface area contributed by atoms with E-state index in [1.807, 2.05) is 18.2 Å². The van der Waals surface area contributed by atoms with E-state index in [9.17, 15) is 4.79 Å². The van der Waals surface area contributed by atoms with E-state index >= 15 is 0 Å². The second-order valence-corrected chi connectivity index (χ2v) is 9.56. The number of nitrogens with one attached hydrogen (secondary N) is 2. The Morgan fingerprint density at radius 3 is 2.26 bits per heavy atom. The average Bonchev–Trinajstić information content (AvgIpc) is 2.83. The fourth-order valence-corrected chi connectivity index (χ4v) is 5.37. The summed E-state index contributed by atoms with van der Waals surface area (Å²) in [5.41, 5.74) is 2.22. The van der Waals surface area contributed by atoms with Crippen molar-refractivity contribution in [3.05, 3.63) is 40.5 Å². The van der Waals surface area contributed by atoms with Gasteiger partial charge in [0.1, 0.15) is 11.5 Å². The molecule has 0 aliphatic heterocycles. The van der Waals surface area contributed by atoms with E-state index in [0.29, 0.717) is 33.1 Å². The molecular weight excluding hydrogens is 487 g/mol. The summed E-state index contributed by atoms with van der Waals surface area (Å²) in [7, 11) is 3.10. The monoisotopic (exact) mass is 516 g/mol. The first-order chi connectivity index (χ1) is 16.9. The van der Waals surface area contributed by atoms with E-state index in [1.54, 1.807) is 33.4 Å². The first-order valence-corrected chi connectivity index (χ1v) is 12.6. The van der Waals surface area contributed by atoms with Gasteiger partial charge in [0.15, 0.2) is 0 Å². The van der Waals surface area contributed by atoms with Crippen LogP contribution >= 0.6 is 23.2 Å². The fourth-order valence-electron chi connectivity index (χ4n) is 4.65. The highest BCUT2D eigenvalue weighted by Crippen LogP contribution is 2.46. The Balaban J connectivity index is 1.64. The molecule has 1 aliphatic carbocycles. The van der Waals surface area contributed by atoms with Crippen LogP contribution in [-0.2, 0) is 4.79 Å². The Morgan fingerprint density at radius 2 is 1.63 bits per heavy atom. The number of nitrogens with zero attached hydrogens (tertiary/aromatic N) is 2. The maximum atomic E-state index is 11.8. The van der Waals surface area contributed by atoms with Crippen LogP contribution in [0.2, 0.25) is 10.0 Å². The third kappa shape index (κ3) is 5.73. The molecule has 2 aromatic carbocycles. The first kappa shape index (κ1) is 25.3. The van der Waals surface area contributed by atoms with Gasteiger partial charge in [0, 0.05) is 42.2 Å². The van der Waals surface area contributed by atoms with E-state index in [2.05, 4.69) is 15.6 Å². The van der Waals surface area contributed by atoms with Gasteiger partial charge in [0.05, 0.1) is 29.8 Å². The summed E-state index contributed by atoms with van der Waals surface area (Å²) in [5.74, 6) is 1.49. The molecule has 9 heteroatoms. The number of carbonyl (C=O) groups is 1. The Bertz CT molecular complexity index is 1190. The van der Waals surface area contributed by atoms with Crippen LogP contribution in [0.25, 0.3) is 22.0 Å². The van der Waals surface area contributed by atoms with E-state index < -0.39 is 0 Å². The number of ether oxygens (including phenoxy) is 2. The van der Waals surface area contributed by atoms with Gasteiger partial charge in [-0.1, -0.05) is 55.0 Å². The van der Waals surface area contributed by atoms with Crippen molar-refractivity contribution in [1.82, 2.24) is 15.3 Å². The maximum Gasteiger partial charge on any atom is 0.223 e. The van der Waals surface area contributed by atoms with Crippen molar-refractivity contribution in [2.24, 2.45) is 0 Å². The van der Waals surface area contributed by atoms with Gasteiger partial charge in [-0.3, -0.25) is 4.79 Å². The van der Waals surface area contributed by atoms with Gasteiger partial charge >= 0.3 is 0 Å². The van der Waals surface area contributed by atoms with Crippen molar-refractivity contribution in [3.8, 4) is 22.6 Å². The molecule has 1 unspecified atom stereocenters. The number of anilines is 1. The van der Waals surface area contributed by atoms with Crippen LogP contribution in [0.4, 0.5) is 5.95 Å². The molecule has 7 nitrogen and oxygen atoms in total. The van der Waals surface area contributed by atoms with Crippen LogP contribution < -0.4 is 20.1 Å². The lowest BCUT2D eigenvalue weighted by atomic mass is 9.92. The van der Waals surface area contributed by atoms with Crippen molar-refractivity contribution < 1.29 is 14.3 Å². The number of carbonyl (C=O) groups excluding carboxylic acids is 1. The molecular formula is C26H30Cl2N4O3. The van der Waals surface area contributed by atoms with E-state index in [0.717, 1.165) is 42.1 Å². The number of amides is 1. The zero-order valence-corrected chi connectivity index (χ0v) is 21.7. The molecule has 1 aliphatic rings. The molecule has 4 rings (SSSR count). The molecule has 1 amide bonds. The topological polar surface area (TPSA) is 85.4 Å². The fraction of sp³-hybridized carbons (Fsp3) is 0.423. The smallest absolute Gasteiger partial charge is 0.223 e. The highest BCUT2D eigenvalue weighted by molar-refractivity contribution is 6.41. The van der Waals surface area contributed by atoms with E-state index in [4.69, 9.17) is 37.7 Å². The minimum absolute atomic E-state index is 0.0131. The summed E-state index contributed by atoms with van der Waals surface area (Å²) in [6.45, 7) is 1.57. The molecule has 1 fully saturated rings. The summed E-state index contributed by atoms with van der Waals surface area (Å²) in [6.07, 6.45) is 8.29. The second-order valence-electron chi connectivity index (χ2n) is 8.80. The van der Waals surface area contributed by atoms with E-state index in [1.165, 1.54) is 12.8 Å². The number of fused-ring (bicyclic) bond motifs is 1. The van der Waals surface area contributed by atoms with Crippen LogP contribution in [0.3, 0.4) is 0 Å². The largest absolute Gasteiger partial charge is 0.495 e. The molecule has 186 valence electrons. The summed E-state index contributed by atoms with van der Waals surface area (Å²) in [4.78, 5) is 21.1. The van der Waals surface area contributed by atoms with Crippen LogP contribution in [0.5, 0.6) is 11.5 Å². The standard InChI is InChI=1S/C26H30Cl2N4O3/c1-15(33)30-19-8-6-4-5-7-9-20(19)32-26-29-14-17-12-16(10-11-18(17)31-26)23-24(27)21(34-2)13-22(35-3)25(23)28/h10-14,19-20H,4-9H2,1-3H3,(H,30,33)(H,29,31,32)/t19-,20?/m1/s1. The highest BCUT2D eigenvalue weighted by Gasteiger charge is 2.24. The van der Waals surface area contributed by atoms with Gasteiger partial charge in [-0.05, 0) is 30.5 Å². The lowest BCUT2D eigenvalue weighted by molar-refractivity contribution is -0.119. The number of rotatable bonds is 6. The first-order valence-electron chi connectivity index (χ1n) is 11.8. The lowest BCUT2D eigenvalue weighted by Gasteiger charge is -2.30. The zero-order chi connectivity index (χ0) is 24.9. The SMILES string of the molecule is COc1cc(OC)c(Cl)c(-c2ccc3nc(NC4CCCCCC[C@H]4NC(C)=O)ncc3c2)c1Cl. The summed E-state index contributed by atoms with van der Waals surface area (Å²) < 4.78 is 10.8. The molecule has 1 saturated carbocycles. The van der Waals surface area contributed by atoms with Crippen molar-refractivity contribution in [2.45, 2.75) is 57.5 Å². The van der Waals surface area contributed by atoms with Gasteiger partial charge < -0.3 is 20.1 Å². The highest BCUT2D eigenvalue weighted by atomic mass is 35.5. The van der Waals surface area contributed by atoms with Gasteiger partial charge in [-0.15, -0.1) is 0 Å². The number of benzene rings is 2. The minimum Gasteiger partial charge on any atom is -0.495 e. The Hall–Kier alpha value is -2.77. The van der Waals surface area contributed by atoms with Crippen LogP contribution in [0.1, 0.15) is 45.4 Å². The molecule has 0 radical (unpaired) electrons. The number of methoxy groups -OCH3 is 2. The molecule has 1 aromatic heterocycles. The van der Waals surface area contributed by atoms with Crippen molar-refractivity contribution in [2.75, 3.05) is 19.5 Å². The Labute approximate surface area is 215 Å². The molecule has 0 bridgehead atoms. The minimum atomic E-state index is -0.0131. The van der Waals surface area contributed by atoms with Crippen LogP contribution in [-0.4, -0.2) is 42.2 Å². The van der Waals surface area contributed by atoms with Gasteiger partial charge in [0.2, 0.25) is 11.9 Å². The average molecular weight is 517 g/mol. The predicted molar refractivity (Wildman–Crippen MR) is 141 cm³/mol. The third-order valence-corrected chi connectivity index (χ3v) is 7.16. The quantitative estimate of drug-likeness (QED) is 0.402. The molecule has 3 aromatic rings. The number of hydrogen-bond acceptors (Lipinski definition) is 6. The normalized spacial score (nSPS) is 18.4. The Kier molecular flexibility index (Phi) is 8.19. The van der Waals surface area contributed by atoms with Crippen molar-refractivity contribution in [1.29, 1.82) is 0 Å². The molecule has 1 heterocycles. The third-order valence-electron chi connectivity index (χ3n) is 6.41. The Morgan fingerprint density at radius 1 is 0.971 bits per heavy atom. The van der Waals surface area contributed by atoms with Crippen LogP contribution in [0, 0.1) is 0 Å². The second kappa shape index (κ2) is 11.3. The van der Waals surface area contributed by atoms with Crippen molar-refractivity contribution in [3.63, 3.8) is 0 Å². The van der Waals surface area contributed by atoms with Gasteiger partial charge in [-0.25, -0.2) is 9.97 Å². The number of halogens is 2. The maximum absolute atomic E-state index is 11.8. The van der Waals surface area contributed by atoms with Crippen molar-refractivity contribution >= 4 is 46.0 Å². The summed E-state index contributed by atoms with van der Waals surface area (Å²) in [5, 5.41) is 8.25. The molecule has 35 heavy (non-hydrogen) atoms. The zero-order valence-electron chi connectivity index (χ0n) is 20.2. The summed E-state index contributed by atoms with van der Waals surface area (Å²) in [6, 6.07) is 7.58. The van der Waals surface area contributed by atoms with Crippen LogP contribution in [0.15, 0.2) is 30.5 Å². The summed E-state index contributed by atoms with van der Waals surface area (Å²) >= 11 is 13.2. The molecule has 0 spiro atoms. The lowest BCUT2D eigenvalue weighted by Crippen LogP contribution is -2.46. The predicted octanol–water partition coefficient (Wildman–Crippen LogP) is 6.26. The number of aromatic nitrogens is 2.